The number of methoxy groups -OCH3 is 1. The van der Waals surface area contributed by atoms with Gasteiger partial charge in [0.1, 0.15) is 25.3 Å². The summed E-state index contributed by atoms with van der Waals surface area (Å²) in [6.45, 7) is 1.20. The van der Waals surface area contributed by atoms with Crippen molar-refractivity contribution in [2.75, 3.05) is 7.11 Å². The Kier molecular flexibility index (Phi) is 3.94. The van der Waals surface area contributed by atoms with Crippen molar-refractivity contribution >= 4 is 13.3 Å². The fraction of sp³-hybridized carbons (Fsp3) is 0.143. The van der Waals surface area contributed by atoms with E-state index in [0.717, 1.165) is 13.2 Å². The predicted molar refractivity (Wildman–Crippen MR) is 68.3 cm³/mol. The van der Waals surface area contributed by atoms with Crippen LogP contribution in [0.5, 0.6) is 5.75 Å². The largest absolute Gasteiger partial charge is 0.491 e. The summed E-state index contributed by atoms with van der Waals surface area (Å²) in [6.07, 6.45) is 0. The predicted octanol–water partition coefficient (Wildman–Crippen LogP) is 3.16. The lowest BCUT2D eigenvalue weighted by Gasteiger charge is -2.15. The van der Waals surface area contributed by atoms with Gasteiger partial charge in [0.15, 0.2) is 17.4 Å². The molecular formula is C14H8BF5O. The third-order valence-electron chi connectivity index (χ3n) is 3.09. The van der Waals surface area contributed by atoms with Crippen LogP contribution in [0.15, 0.2) is 12.1 Å². The van der Waals surface area contributed by atoms with Gasteiger partial charge in [-0.2, -0.15) is 0 Å². The van der Waals surface area contributed by atoms with Gasteiger partial charge in [0.25, 0.3) is 0 Å². The van der Waals surface area contributed by atoms with Gasteiger partial charge in [-0.05, 0) is 29.6 Å². The molecule has 2 aromatic carbocycles. The molecule has 0 heterocycles. The summed E-state index contributed by atoms with van der Waals surface area (Å²) in [6, 6.07) is 1.30. The molecule has 2 aromatic rings. The zero-order valence-corrected chi connectivity index (χ0v) is 11.0. The van der Waals surface area contributed by atoms with Crippen molar-refractivity contribution in [2.45, 2.75) is 6.92 Å². The maximum Gasteiger partial charge on any atom is 0.190 e. The van der Waals surface area contributed by atoms with Crippen molar-refractivity contribution in [1.29, 1.82) is 0 Å². The number of halogens is 5. The van der Waals surface area contributed by atoms with Crippen molar-refractivity contribution in [3.05, 3.63) is 46.8 Å². The summed E-state index contributed by atoms with van der Waals surface area (Å²) in [5.74, 6) is -7.23. The molecule has 0 aromatic heterocycles. The summed E-state index contributed by atoms with van der Waals surface area (Å²) >= 11 is 0. The SMILES string of the molecule is [B]c1c(F)c(OC)c(F)c(-c2cc(F)cc(F)c2C)c1F. The Morgan fingerprint density at radius 1 is 0.952 bits per heavy atom. The summed E-state index contributed by atoms with van der Waals surface area (Å²) in [4.78, 5) is 0. The van der Waals surface area contributed by atoms with Gasteiger partial charge in [-0.25, -0.2) is 22.0 Å². The summed E-state index contributed by atoms with van der Waals surface area (Å²) in [5.41, 5.74) is -2.45. The van der Waals surface area contributed by atoms with Crippen molar-refractivity contribution in [3.8, 4) is 16.9 Å². The average Bonchev–Trinajstić information content (AvgIpc) is 2.42. The number of hydrogen-bond donors (Lipinski definition) is 0. The van der Waals surface area contributed by atoms with Crippen LogP contribution in [-0.2, 0) is 0 Å². The molecule has 0 N–H and O–H groups in total. The standard InChI is InChI=1S/C14H8BF5O/c1-5-7(3-6(16)4-8(5)17)9-11(18)10(15)13(20)14(21-2)12(9)19/h3-4H,1-2H3. The highest BCUT2D eigenvalue weighted by molar-refractivity contribution is 6.33. The van der Waals surface area contributed by atoms with E-state index in [4.69, 9.17) is 7.85 Å². The summed E-state index contributed by atoms with van der Waals surface area (Å²) in [7, 11) is 6.17. The Morgan fingerprint density at radius 3 is 2.14 bits per heavy atom. The van der Waals surface area contributed by atoms with E-state index >= 15 is 0 Å². The molecule has 1 nitrogen and oxygen atoms in total. The molecule has 0 bridgehead atoms. The lowest BCUT2D eigenvalue weighted by atomic mass is 9.88. The smallest absolute Gasteiger partial charge is 0.190 e. The van der Waals surface area contributed by atoms with Crippen LogP contribution in [0.2, 0.25) is 0 Å². The Bertz CT molecular complexity index is 730. The van der Waals surface area contributed by atoms with Gasteiger partial charge < -0.3 is 4.74 Å². The third kappa shape index (κ3) is 2.37. The molecule has 0 saturated heterocycles. The highest BCUT2D eigenvalue weighted by Gasteiger charge is 2.26. The van der Waals surface area contributed by atoms with Crippen LogP contribution >= 0.6 is 0 Å². The van der Waals surface area contributed by atoms with E-state index in [0.29, 0.717) is 6.07 Å². The lowest BCUT2D eigenvalue weighted by Crippen LogP contribution is -2.19. The molecule has 0 spiro atoms. The molecule has 0 saturated carbocycles. The Labute approximate surface area is 118 Å². The van der Waals surface area contributed by atoms with Crippen LogP contribution in [0.4, 0.5) is 22.0 Å². The zero-order valence-electron chi connectivity index (χ0n) is 11.0. The third-order valence-corrected chi connectivity index (χ3v) is 3.09. The van der Waals surface area contributed by atoms with Gasteiger partial charge in [0.2, 0.25) is 0 Å². The van der Waals surface area contributed by atoms with Crippen LogP contribution in [0.3, 0.4) is 0 Å². The second kappa shape index (κ2) is 5.39. The molecule has 21 heavy (non-hydrogen) atoms. The molecule has 0 amide bonds. The van der Waals surface area contributed by atoms with Crippen LogP contribution in [0.1, 0.15) is 5.56 Å². The van der Waals surface area contributed by atoms with Crippen molar-refractivity contribution in [2.24, 2.45) is 0 Å². The quantitative estimate of drug-likeness (QED) is 0.611. The molecule has 0 aliphatic carbocycles. The van der Waals surface area contributed by atoms with E-state index in [-0.39, 0.29) is 5.56 Å². The topological polar surface area (TPSA) is 9.23 Å². The van der Waals surface area contributed by atoms with Crippen LogP contribution in [0.25, 0.3) is 11.1 Å². The highest BCUT2D eigenvalue weighted by atomic mass is 19.2. The zero-order chi connectivity index (χ0) is 15.9. The second-order valence-corrected chi connectivity index (χ2v) is 4.32. The summed E-state index contributed by atoms with van der Waals surface area (Å²) < 4.78 is 73.2. The highest BCUT2D eigenvalue weighted by Crippen LogP contribution is 2.35. The maximum absolute atomic E-state index is 14.2. The number of ether oxygens (including phenoxy) is 1. The maximum atomic E-state index is 14.2. The number of rotatable bonds is 2. The molecule has 108 valence electrons. The molecule has 0 aliphatic heterocycles. The summed E-state index contributed by atoms with van der Waals surface area (Å²) in [5, 5.41) is 0. The van der Waals surface area contributed by atoms with Gasteiger partial charge in [0, 0.05) is 6.07 Å². The van der Waals surface area contributed by atoms with Crippen molar-refractivity contribution in [3.63, 3.8) is 0 Å². The van der Waals surface area contributed by atoms with Crippen LogP contribution in [0, 0.1) is 36.0 Å². The van der Waals surface area contributed by atoms with Crippen molar-refractivity contribution in [1.82, 2.24) is 0 Å². The molecule has 2 rings (SSSR count). The van der Waals surface area contributed by atoms with Crippen LogP contribution < -0.4 is 10.2 Å². The average molecular weight is 298 g/mol. The molecule has 0 aliphatic rings. The Morgan fingerprint density at radius 2 is 1.57 bits per heavy atom. The first-order valence-electron chi connectivity index (χ1n) is 5.75. The molecule has 0 atom stereocenters. The minimum Gasteiger partial charge on any atom is -0.491 e. The van der Waals surface area contributed by atoms with E-state index in [1.54, 1.807) is 0 Å². The minimum atomic E-state index is -1.45. The fourth-order valence-corrected chi connectivity index (χ4v) is 1.98. The molecular weight excluding hydrogens is 290 g/mol. The van der Waals surface area contributed by atoms with Crippen LogP contribution in [-0.4, -0.2) is 15.0 Å². The molecule has 2 radical (unpaired) electrons. The monoisotopic (exact) mass is 298 g/mol. The van der Waals surface area contributed by atoms with Gasteiger partial charge >= 0.3 is 0 Å². The first kappa shape index (κ1) is 15.3. The van der Waals surface area contributed by atoms with E-state index in [1.165, 1.54) is 6.92 Å². The van der Waals surface area contributed by atoms with Gasteiger partial charge in [-0.3, -0.25) is 0 Å². The molecule has 7 heteroatoms. The van der Waals surface area contributed by atoms with E-state index in [2.05, 4.69) is 4.74 Å². The minimum absolute atomic E-state index is 0.206. The normalized spacial score (nSPS) is 10.8. The molecule has 0 fully saturated rings. The fourth-order valence-electron chi connectivity index (χ4n) is 1.98. The number of benzene rings is 2. The second-order valence-electron chi connectivity index (χ2n) is 4.32. The lowest BCUT2D eigenvalue weighted by molar-refractivity contribution is 0.359. The van der Waals surface area contributed by atoms with E-state index in [9.17, 15) is 22.0 Å². The molecule has 0 unspecified atom stereocenters. The Hall–Kier alpha value is -2.05. The first-order chi connectivity index (χ1) is 9.79. The van der Waals surface area contributed by atoms with Crippen molar-refractivity contribution < 1.29 is 26.7 Å². The van der Waals surface area contributed by atoms with Gasteiger partial charge in [-0.1, -0.05) is 0 Å². The Balaban J connectivity index is 2.91. The van der Waals surface area contributed by atoms with Gasteiger partial charge in [-0.15, -0.1) is 0 Å². The first-order valence-corrected chi connectivity index (χ1v) is 5.75. The van der Waals surface area contributed by atoms with E-state index in [1.807, 2.05) is 0 Å². The van der Waals surface area contributed by atoms with Gasteiger partial charge in [0.05, 0.1) is 12.7 Å². The number of hydrogen-bond acceptors (Lipinski definition) is 1. The van der Waals surface area contributed by atoms with E-state index < -0.39 is 51.4 Å².